The Morgan fingerprint density at radius 2 is 1.59 bits per heavy atom. The number of rotatable bonds is 10. The zero-order chi connectivity index (χ0) is 21.1. The van der Waals surface area contributed by atoms with E-state index in [2.05, 4.69) is 5.32 Å². The largest absolute Gasteiger partial charge is 0.493 e. The second kappa shape index (κ2) is 11.5. The Kier molecular flexibility index (Phi) is 8.69. The minimum absolute atomic E-state index is 0.0460. The lowest BCUT2D eigenvalue weighted by atomic mass is 10.2. The highest BCUT2D eigenvalue weighted by Gasteiger charge is 2.13. The Bertz CT molecular complexity index is 802. The average Bonchev–Trinajstić information content (AvgIpc) is 2.74. The molecule has 0 saturated heterocycles. The zero-order valence-electron chi connectivity index (χ0n) is 16.7. The van der Waals surface area contributed by atoms with Crippen molar-refractivity contribution in [2.45, 2.75) is 20.3 Å². The maximum atomic E-state index is 12.3. The van der Waals surface area contributed by atoms with Crippen molar-refractivity contribution in [2.24, 2.45) is 0 Å². The molecule has 0 radical (unpaired) electrons. The lowest BCUT2D eigenvalue weighted by Gasteiger charge is -2.18. The predicted octanol–water partition coefficient (Wildman–Crippen LogP) is 3.12. The van der Waals surface area contributed by atoms with Crippen LogP contribution in [0.5, 0.6) is 5.75 Å². The van der Waals surface area contributed by atoms with Crippen LogP contribution in [0.25, 0.3) is 0 Å². The minimum Gasteiger partial charge on any atom is -0.493 e. The molecular formula is C22H26N2O5. The molecule has 0 aliphatic rings. The summed E-state index contributed by atoms with van der Waals surface area (Å²) in [6, 6.07) is 15.7. The first-order chi connectivity index (χ1) is 14.0. The van der Waals surface area contributed by atoms with Crippen LogP contribution in [0.1, 0.15) is 30.6 Å². The number of ether oxygens (including phenoxy) is 2. The summed E-state index contributed by atoms with van der Waals surface area (Å²) in [4.78, 5) is 37.6. The lowest BCUT2D eigenvalue weighted by molar-refractivity contribution is -0.147. The van der Waals surface area contributed by atoms with Crippen molar-refractivity contribution < 1.29 is 23.9 Å². The van der Waals surface area contributed by atoms with Crippen molar-refractivity contribution in [3.05, 3.63) is 60.2 Å². The van der Waals surface area contributed by atoms with Crippen molar-refractivity contribution >= 4 is 23.5 Å². The first kappa shape index (κ1) is 21.9. The quantitative estimate of drug-likeness (QED) is 0.622. The maximum Gasteiger partial charge on any atom is 0.309 e. The monoisotopic (exact) mass is 398 g/mol. The molecule has 2 amide bonds. The normalized spacial score (nSPS) is 10.1. The Hall–Kier alpha value is -3.35. The highest BCUT2D eigenvalue weighted by Crippen LogP contribution is 2.12. The maximum absolute atomic E-state index is 12.3. The molecule has 1 N–H and O–H groups in total. The van der Waals surface area contributed by atoms with Crippen molar-refractivity contribution in [1.29, 1.82) is 0 Å². The predicted molar refractivity (Wildman–Crippen MR) is 110 cm³/mol. The fraction of sp³-hybridized carbons (Fsp3) is 0.318. The molecule has 0 atom stereocenters. The summed E-state index contributed by atoms with van der Waals surface area (Å²) in [5.74, 6) is -0.359. The number of carbonyl (C=O) groups excluding carboxylic acids is 3. The van der Waals surface area contributed by atoms with Gasteiger partial charge < -0.3 is 19.7 Å². The molecule has 7 heteroatoms. The number of carbonyl (C=O) groups is 3. The summed E-state index contributed by atoms with van der Waals surface area (Å²) in [7, 11) is 0. The van der Waals surface area contributed by atoms with Gasteiger partial charge in [0, 0.05) is 24.3 Å². The van der Waals surface area contributed by atoms with Crippen LogP contribution in [-0.4, -0.2) is 49.0 Å². The molecule has 0 saturated carbocycles. The van der Waals surface area contributed by atoms with Gasteiger partial charge in [-0.1, -0.05) is 18.2 Å². The number of hydrogen-bond donors (Lipinski definition) is 1. The second-order valence-electron chi connectivity index (χ2n) is 6.18. The smallest absolute Gasteiger partial charge is 0.309 e. The Morgan fingerprint density at radius 3 is 2.21 bits per heavy atom. The summed E-state index contributed by atoms with van der Waals surface area (Å²) < 4.78 is 10.4. The van der Waals surface area contributed by atoms with E-state index in [-0.39, 0.29) is 25.5 Å². The number of anilines is 1. The topological polar surface area (TPSA) is 84.9 Å². The van der Waals surface area contributed by atoms with Crippen molar-refractivity contribution in [1.82, 2.24) is 4.90 Å². The molecule has 7 nitrogen and oxygen atoms in total. The molecular weight excluding hydrogens is 372 g/mol. The second-order valence-corrected chi connectivity index (χ2v) is 6.18. The molecule has 0 bridgehead atoms. The van der Waals surface area contributed by atoms with E-state index in [1.54, 1.807) is 41.3 Å². The van der Waals surface area contributed by atoms with Crippen molar-refractivity contribution in [3.8, 4) is 5.75 Å². The summed E-state index contributed by atoms with van der Waals surface area (Å²) in [5.41, 5.74) is 1.08. The molecule has 0 unspecified atom stereocenters. The molecule has 2 aromatic rings. The van der Waals surface area contributed by atoms with Gasteiger partial charge in [0.25, 0.3) is 11.8 Å². The van der Waals surface area contributed by atoms with Crippen LogP contribution in [0.3, 0.4) is 0 Å². The van der Waals surface area contributed by atoms with Gasteiger partial charge in [0.05, 0.1) is 13.0 Å². The minimum atomic E-state index is -0.517. The van der Waals surface area contributed by atoms with E-state index in [1.165, 1.54) is 0 Å². The van der Waals surface area contributed by atoms with Crippen LogP contribution >= 0.6 is 0 Å². The summed E-state index contributed by atoms with van der Waals surface area (Å²) >= 11 is 0. The first-order valence-electron chi connectivity index (χ1n) is 9.56. The van der Waals surface area contributed by atoms with Gasteiger partial charge in [-0.3, -0.25) is 14.4 Å². The Labute approximate surface area is 170 Å². The number of amides is 2. The van der Waals surface area contributed by atoms with Gasteiger partial charge in [-0.25, -0.2) is 0 Å². The standard InChI is InChI=1S/C22H26N2O5/c1-3-24(4-2)22(27)17-10-12-18(13-11-17)23-20(25)16-29-21(26)14-15-28-19-8-6-5-7-9-19/h5-13H,3-4,14-16H2,1-2H3,(H,23,25). The third kappa shape index (κ3) is 7.29. The van der Waals surface area contributed by atoms with E-state index in [0.717, 1.165) is 0 Å². The number of para-hydroxylation sites is 1. The van der Waals surface area contributed by atoms with Crippen LogP contribution in [0.2, 0.25) is 0 Å². The third-order valence-corrected chi connectivity index (χ3v) is 4.15. The van der Waals surface area contributed by atoms with E-state index in [9.17, 15) is 14.4 Å². The number of nitrogens with one attached hydrogen (secondary N) is 1. The Balaban J connectivity index is 1.71. The van der Waals surface area contributed by atoms with Crippen LogP contribution in [0, 0.1) is 0 Å². The van der Waals surface area contributed by atoms with Gasteiger partial charge in [-0.05, 0) is 50.2 Å². The molecule has 0 fully saturated rings. The molecule has 2 rings (SSSR count). The van der Waals surface area contributed by atoms with E-state index in [1.807, 2.05) is 32.0 Å². The number of benzene rings is 2. The third-order valence-electron chi connectivity index (χ3n) is 4.15. The van der Waals surface area contributed by atoms with E-state index >= 15 is 0 Å². The van der Waals surface area contributed by atoms with Gasteiger partial charge in [-0.2, -0.15) is 0 Å². The fourth-order valence-corrected chi connectivity index (χ4v) is 2.57. The average molecular weight is 398 g/mol. The number of esters is 1. The lowest BCUT2D eigenvalue weighted by Crippen LogP contribution is -2.30. The Morgan fingerprint density at radius 1 is 0.931 bits per heavy atom. The summed E-state index contributed by atoms with van der Waals surface area (Å²) in [6.07, 6.45) is 0.0460. The summed E-state index contributed by atoms with van der Waals surface area (Å²) in [6.45, 7) is 4.90. The molecule has 2 aromatic carbocycles. The van der Waals surface area contributed by atoms with Crippen LogP contribution in [0.4, 0.5) is 5.69 Å². The summed E-state index contributed by atoms with van der Waals surface area (Å²) in [5, 5.41) is 2.63. The van der Waals surface area contributed by atoms with Crippen molar-refractivity contribution in [3.63, 3.8) is 0 Å². The van der Waals surface area contributed by atoms with Crippen LogP contribution in [0.15, 0.2) is 54.6 Å². The van der Waals surface area contributed by atoms with Gasteiger partial charge in [0.1, 0.15) is 5.75 Å². The van der Waals surface area contributed by atoms with Gasteiger partial charge in [0.2, 0.25) is 0 Å². The number of hydrogen-bond acceptors (Lipinski definition) is 5. The zero-order valence-corrected chi connectivity index (χ0v) is 16.7. The molecule has 0 aliphatic carbocycles. The SMILES string of the molecule is CCN(CC)C(=O)c1ccc(NC(=O)COC(=O)CCOc2ccccc2)cc1. The number of nitrogens with zero attached hydrogens (tertiary/aromatic N) is 1. The molecule has 0 heterocycles. The van der Waals surface area contributed by atoms with Gasteiger partial charge >= 0.3 is 5.97 Å². The van der Waals surface area contributed by atoms with Crippen molar-refractivity contribution in [2.75, 3.05) is 31.6 Å². The van der Waals surface area contributed by atoms with Crippen LogP contribution in [-0.2, 0) is 14.3 Å². The first-order valence-corrected chi connectivity index (χ1v) is 9.56. The molecule has 0 aliphatic heterocycles. The van der Waals surface area contributed by atoms with E-state index < -0.39 is 11.9 Å². The van der Waals surface area contributed by atoms with Gasteiger partial charge in [-0.15, -0.1) is 0 Å². The highest BCUT2D eigenvalue weighted by atomic mass is 16.5. The van der Waals surface area contributed by atoms with E-state index in [0.29, 0.717) is 30.1 Å². The highest BCUT2D eigenvalue weighted by molar-refractivity contribution is 5.96. The van der Waals surface area contributed by atoms with E-state index in [4.69, 9.17) is 9.47 Å². The van der Waals surface area contributed by atoms with Gasteiger partial charge in [0.15, 0.2) is 6.61 Å². The molecule has 0 aromatic heterocycles. The molecule has 0 spiro atoms. The van der Waals surface area contributed by atoms with Crippen LogP contribution < -0.4 is 10.1 Å². The molecule has 29 heavy (non-hydrogen) atoms. The molecule has 154 valence electrons. The fourth-order valence-electron chi connectivity index (χ4n) is 2.57.